The average molecular weight is 344 g/mol. The molecule has 2 amide bonds. The van der Waals surface area contributed by atoms with Crippen molar-refractivity contribution < 1.29 is 18.7 Å². The molecule has 1 aromatic carbocycles. The summed E-state index contributed by atoms with van der Waals surface area (Å²) in [5.41, 5.74) is 1.87. The maximum atomic E-state index is 12.7. The van der Waals surface area contributed by atoms with Crippen LogP contribution in [0.15, 0.2) is 28.7 Å². The standard InChI is InChI=1S/C17H20N4O4/c1-10-6-4-5-7-12(10)15-16(24-9-14(22)21(15)3)17(23)18-8-13-20-19-11(2)25-13/h4-7,15-16H,8-9H2,1-3H3,(H,18,23)/t15-,16+/m1/s1. The Morgan fingerprint density at radius 1 is 1.32 bits per heavy atom. The summed E-state index contributed by atoms with van der Waals surface area (Å²) in [5.74, 6) is 0.257. The third kappa shape index (κ3) is 3.53. The van der Waals surface area contributed by atoms with E-state index in [-0.39, 0.29) is 25.0 Å². The largest absolute Gasteiger partial charge is 0.424 e. The average Bonchev–Trinajstić information content (AvgIpc) is 3.01. The molecule has 0 bridgehead atoms. The van der Waals surface area contributed by atoms with Gasteiger partial charge >= 0.3 is 0 Å². The van der Waals surface area contributed by atoms with Crippen LogP contribution < -0.4 is 5.32 Å². The Bertz CT molecular complexity index is 788. The van der Waals surface area contributed by atoms with Gasteiger partial charge in [0.15, 0.2) is 6.10 Å². The number of rotatable bonds is 4. The molecule has 0 radical (unpaired) electrons. The van der Waals surface area contributed by atoms with Gasteiger partial charge in [0.25, 0.3) is 5.91 Å². The Morgan fingerprint density at radius 3 is 2.76 bits per heavy atom. The number of morpholine rings is 1. The summed E-state index contributed by atoms with van der Waals surface area (Å²) in [6.07, 6.45) is -0.812. The van der Waals surface area contributed by atoms with Gasteiger partial charge in [0.05, 0.1) is 12.6 Å². The van der Waals surface area contributed by atoms with Gasteiger partial charge in [-0.15, -0.1) is 10.2 Å². The third-order valence-electron chi connectivity index (χ3n) is 4.23. The Labute approximate surface area is 145 Å². The highest BCUT2D eigenvalue weighted by molar-refractivity contribution is 5.86. The maximum absolute atomic E-state index is 12.7. The number of aromatic nitrogens is 2. The van der Waals surface area contributed by atoms with E-state index in [1.165, 1.54) is 0 Å². The van der Waals surface area contributed by atoms with E-state index >= 15 is 0 Å². The molecule has 2 heterocycles. The number of nitrogens with zero attached hydrogens (tertiary/aromatic N) is 3. The SMILES string of the molecule is Cc1nnc(CNC(=O)[C@H]2OCC(=O)N(C)[C@@H]2c2ccccc2C)o1. The summed E-state index contributed by atoms with van der Waals surface area (Å²) in [6.45, 7) is 3.60. The second-order valence-corrected chi connectivity index (χ2v) is 5.97. The summed E-state index contributed by atoms with van der Waals surface area (Å²) < 4.78 is 10.8. The molecule has 0 unspecified atom stereocenters. The van der Waals surface area contributed by atoms with Crippen molar-refractivity contribution in [1.29, 1.82) is 0 Å². The Hall–Kier alpha value is -2.74. The van der Waals surface area contributed by atoms with Crippen LogP contribution in [0.3, 0.4) is 0 Å². The van der Waals surface area contributed by atoms with Crippen LogP contribution in [0.25, 0.3) is 0 Å². The molecule has 1 saturated heterocycles. The number of benzene rings is 1. The van der Waals surface area contributed by atoms with Crippen molar-refractivity contribution in [2.24, 2.45) is 0 Å². The highest BCUT2D eigenvalue weighted by Gasteiger charge is 2.40. The molecule has 0 spiro atoms. The van der Waals surface area contributed by atoms with Gasteiger partial charge < -0.3 is 19.4 Å². The molecular formula is C17H20N4O4. The quantitative estimate of drug-likeness (QED) is 0.885. The van der Waals surface area contributed by atoms with Crippen LogP contribution in [-0.4, -0.2) is 46.7 Å². The molecule has 2 atom stereocenters. The molecular weight excluding hydrogens is 324 g/mol. The number of amides is 2. The van der Waals surface area contributed by atoms with Gasteiger partial charge in [-0.3, -0.25) is 9.59 Å². The first-order valence-electron chi connectivity index (χ1n) is 7.97. The zero-order valence-corrected chi connectivity index (χ0v) is 14.4. The highest BCUT2D eigenvalue weighted by atomic mass is 16.5. The molecule has 1 aromatic heterocycles. The van der Waals surface area contributed by atoms with Crippen LogP contribution in [0.1, 0.15) is 29.0 Å². The molecule has 0 aliphatic carbocycles. The summed E-state index contributed by atoms with van der Waals surface area (Å²) in [6, 6.07) is 7.15. The first kappa shape index (κ1) is 17.1. The second kappa shape index (κ2) is 7.02. The van der Waals surface area contributed by atoms with Crippen LogP contribution in [0.4, 0.5) is 0 Å². The zero-order valence-electron chi connectivity index (χ0n) is 14.4. The van der Waals surface area contributed by atoms with E-state index in [4.69, 9.17) is 9.15 Å². The molecule has 0 saturated carbocycles. The highest BCUT2D eigenvalue weighted by Crippen LogP contribution is 2.31. The van der Waals surface area contributed by atoms with Crippen LogP contribution in [0.2, 0.25) is 0 Å². The number of carbonyl (C=O) groups is 2. The topological polar surface area (TPSA) is 97.6 Å². The lowest BCUT2D eigenvalue weighted by Crippen LogP contribution is -2.53. The monoisotopic (exact) mass is 344 g/mol. The Balaban J connectivity index is 1.80. The summed E-state index contributed by atoms with van der Waals surface area (Å²) >= 11 is 0. The van der Waals surface area contributed by atoms with E-state index < -0.39 is 12.1 Å². The number of carbonyl (C=O) groups excluding carboxylic acids is 2. The second-order valence-electron chi connectivity index (χ2n) is 5.97. The van der Waals surface area contributed by atoms with Crippen LogP contribution in [-0.2, 0) is 20.9 Å². The van der Waals surface area contributed by atoms with E-state index in [0.29, 0.717) is 11.8 Å². The molecule has 8 heteroatoms. The van der Waals surface area contributed by atoms with Crippen molar-refractivity contribution in [2.45, 2.75) is 32.5 Å². The molecule has 8 nitrogen and oxygen atoms in total. The smallest absolute Gasteiger partial charge is 0.252 e. The molecule has 3 rings (SSSR count). The minimum atomic E-state index is -0.812. The fourth-order valence-corrected chi connectivity index (χ4v) is 2.89. The third-order valence-corrected chi connectivity index (χ3v) is 4.23. The molecule has 1 N–H and O–H groups in total. The predicted molar refractivity (Wildman–Crippen MR) is 87.3 cm³/mol. The van der Waals surface area contributed by atoms with Crippen LogP contribution in [0.5, 0.6) is 0 Å². The molecule has 1 aliphatic heterocycles. The van der Waals surface area contributed by atoms with Crippen molar-refractivity contribution in [3.63, 3.8) is 0 Å². The Kier molecular flexibility index (Phi) is 4.80. The van der Waals surface area contributed by atoms with Gasteiger partial charge in [-0.05, 0) is 18.1 Å². The van der Waals surface area contributed by atoms with Gasteiger partial charge in [0.2, 0.25) is 17.7 Å². The summed E-state index contributed by atoms with van der Waals surface area (Å²) in [4.78, 5) is 26.3. The van der Waals surface area contributed by atoms with Gasteiger partial charge in [-0.1, -0.05) is 24.3 Å². The van der Waals surface area contributed by atoms with Gasteiger partial charge in [-0.25, -0.2) is 0 Å². The number of ether oxygens (including phenoxy) is 1. The molecule has 25 heavy (non-hydrogen) atoms. The molecule has 1 fully saturated rings. The molecule has 1 aliphatic rings. The summed E-state index contributed by atoms with van der Waals surface area (Å²) in [7, 11) is 1.68. The first-order chi connectivity index (χ1) is 12.0. The van der Waals surface area contributed by atoms with E-state index in [9.17, 15) is 9.59 Å². The van der Waals surface area contributed by atoms with E-state index in [1.807, 2.05) is 31.2 Å². The summed E-state index contributed by atoms with van der Waals surface area (Å²) in [5, 5.41) is 10.3. The lowest BCUT2D eigenvalue weighted by atomic mass is 9.94. The minimum absolute atomic E-state index is 0.109. The fraction of sp³-hybridized carbons (Fsp3) is 0.412. The number of likely N-dealkylation sites (N-methyl/N-ethyl adjacent to an activating group) is 1. The van der Waals surface area contributed by atoms with Crippen molar-refractivity contribution in [3.05, 3.63) is 47.2 Å². The minimum Gasteiger partial charge on any atom is -0.424 e. The number of aryl methyl sites for hydroxylation is 2. The van der Waals surface area contributed by atoms with Gasteiger partial charge in [0.1, 0.15) is 6.61 Å². The number of nitrogens with one attached hydrogen (secondary N) is 1. The molecule has 132 valence electrons. The lowest BCUT2D eigenvalue weighted by molar-refractivity contribution is -0.162. The van der Waals surface area contributed by atoms with Gasteiger partial charge in [0, 0.05) is 14.0 Å². The van der Waals surface area contributed by atoms with Crippen LogP contribution >= 0.6 is 0 Å². The number of hydrogen-bond acceptors (Lipinski definition) is 6. The Morgan fingerprint density at radius 2 is 2.08 bits per heavy atom. The van der Waals surface area contributed by atoms with Crippen molar-refractivity contribution in [2.75, 3.05) is 13.7 Å². The van der Waals surface area contributed by atoms with E-state index in [1.54, 1.807) is 18.9 Å². The van der Waals surface area contributed by atoms with Crippen molar-refractivity contribution >= 4 is 11.8 Å². The van der Waals surface area contributed by atoms with Gasteiger partial charge in [-0.2, -0.15) is 0 Å². The fourth-order valence-electron chi connectivity index (χ4n) is 2.89. The van der Waals surface area contributed by atoms with E-state index in [2.05, 4.69) is 15.5 Å². The van der Waals surface area contributed by atoms with Crippen molar-refractivity contribution in [3.8, 4) is 0 Å². The predicted octanol–water partition coefficient (Wildman–Crippen LogP) is 0.901. The van der Waals surface area contributed by atoms with E-state index in [0.717, 1.165) is 11.1 Å². The first-order valence-corrected chi connectivity index (χ1v) is 7.97. The molecule has 2 aromatic rings. The maximum Gasteiger partial charge on any atom is 0.252 e. The van der Waals surface area contributed by atoms with Crippen molar-refractivity contribution in [1.82, 2.24) is 20.4 Å². The van der Waals surface area contributed by atoms with Crippen LogP contribution in [0, 0.1) is 13.8 Å². The lowest BCUT2D eigenvalue weighted by Gasteiger charge is -2.38. The number of hydrogen-bond donors (Lipinski definition) is 1. The normalized spacial score (nSPS) is 20.6. The zero-order chi connectivity index (χ0) is 18.0.